The molecule has 0 fully saturated rings. The Bertz CT molecular complexity index is 802. The van der Waals surface area contributed by atoms with Crippen LogP contribution in [-0.4, -0.2) is 32.1 Å². The molecule has 1 aliphatic heterocycles. The Kier molecular flexibility index (Phi) is 5.41. The third kappa shape index (κ3) is 3.96. The predicted molar refractivity (Wildman–Crippen MR) is 99.9 cm³/mol. The Balaban J connectivity index is 1.68. The van der Waals surface area contributed by atoms with Crippen molar-refractivity contribution in [2.24, 2.45) is 0 Å². The Morgan fingerprint density at radius 1 is 1.23 bits per heavy atom. The minimum atomic E-state index is -0.118. The predicted octanol–water partition coefficient (Wildman–Crippen LogP) is 3.01. The molecule has 6 nitrogen and oxygen atoms in total. The first-order valence-corrected chi connectivity index (χ1v) is 8.60. The van der Waals surface area contributed by atoms with E-state index in [1.165, 1.54) is 0 Å². The van der Waals surface area contributed by atoms with E-state index in [0.717, 1.165) is 23.4 Å². The molecule has 0 unspecified atom stereocenters. The summed E-state index contributed by atoms with van der Waals surface area (Å²) in [5, 5.41) is 2.87. The number of hydrogen-bond donors (Lipinski definition) is 1. The number of benzene rings is 2. The van der Waals surface area contributed by atoms with E-state index in [1.807, 2.05) is 37.3 Å². The number of nitrogens with one attached hydrogen (secondary N) is 1. The zero-order valence-corrected chi connectivity index (χ0v) is 15.0. The lowest BCUT2D eigenvalue weighted by Crippen LogP contribution is -2.39. The van der Waals surface area contributed by atoms with Crippen LogP contribution in [0.5, 0.6) is 11.5 Å². The van der Waals surface area contributed by atoms with Crippen molar-refractivity contribution >= 4 is 23.2 Å². The Labute approximate surface area is 152 Å². The van der Waals surface area contributed by atoms with Gasteiger partial charge >= 0.3 is 0 Å². The van der Waals surface area contributed by atoms with E-state index in [-0.39, 0.29) is 24.8 Å². The van der Waals surface area contributed by atoms with Gasteiger partial charge in [-0.05, 0) is 36.2 Å². The van der Waals surface area contributed by atoms with E-state index < -0.39 is 0 Å². The highest BCUT2D eigenvalue weighted by Gasteiger charge is 2.25. The molecule has 0 radical (unpaired) electrons. The summed E-state index contributed by atoms with van der Waals surface area (Å²) in [6.07, 6.45) is 1.13. The van der Waals surface area contributed by atoms with Crippen LogP contribution in [0.2, 0.25) is 0 Å². The van der Waals surface area contributed by atoms with Crippen LogP contribution in [0.4, 0.5) is 11.4 Å². The lowest BCUT2D eigenvalue weighted by atomic mass is 10.1. The molecule has 136 valence electrons. The van der Waals surface area contributed by atoms with Crippen molar-refractivity contribution in [1.29, 1.82) is 0 Å². The zero-order valence-electron chi connectivity index (χ0n) is 15.0. The maximum absolute atomic E-state index is 12.3. The van der Waals surface area contributed by atoms with Gasteiger partial charge < -0.3 is 19.7 Å². The molecular weight excluding hydrogens is 332 g/mol. The smallest absolute Gasteiger partial charge is 0.265 e. The quantitative estimate of drug-likeness (QED) is 0.866. The number of anilines is 2. The fourth-order valence-electron chi connectivity index (χ4n) is 2.88. The third-order valence-corrected chi connectivity index (χ3v) is 4.16. The van der Waals surface area contributed by atoms with Crippen molar-refractivity contribution < 1.29 is 19.1 Å². The van der Waals surface area contributed by atoms with Gasteiger partial charge in [0.15, 0.2) is 6.61 Å². The summed E-state index contributed by atoms with van der Waals surface area (Å²) in [5.41, 5.74) is 2.29. The molecule has 1 heterocycles. The molecule has 3 rings (SSSR count). The number of fused-ring (bicyclic) bond motifs is 1. The third-order valence-electron chi connectivity index (χ3n) is 4.16. The highest BCUT2D eigenvalue weighted by molar-refractivity contribution is 5.99. The van der Waals surface area contributed by atoms with Crippen molar-refractivity contribution in [3.05, 3.63) is 48.0 Å². The van der Waals surface area contributed by atoms with E-state index in [9.17, 15) is 9.59 Å². The number of carbonyl (C=O) groups excluding carboxylic acids is 2. The van der Waals surface area contributed by atoms with Gasteiger partial charge in [-0.2, -0.15) is 0 Å². The maximum atomic E-state index is 12.3. The molecule has 0 spiro atoms. The summed E-state index contributed by atoms with van der Waals surface area (Å²) in [6, 6.07) is 12.7. The molecule has 0 saturated carbocycles. The number of carbonyl (C=O) groups is 2. The molecule has 0 aliphatic carbocycles. The zero-order chi connectivity index (χ0) is 18.5. The van der Waals surface area contributed by atoms with E-state index in [1.54, 1.807) is 24.1 Å². The Hall–Kier alpha value is -3.02. The van der Waals surface area contributed by atoms with E-state index in [0.29, 0.717) is 18.0 Å². The normalized spacial score (nSPS) is 13.0. The van der Waals surface area contributed by atoms with Gasteiger partial charge in [0, 0.05) is 18.3 Å². The Morgan fingerprint density at radius 3 is 2.69 bits per heavy atom. The minimum absolute atomic E-state index is 0.0241. The van der Waals surface area contributed by atoms with Gasteiger partial charge in [0.1, 0.15) is 11.5 Å². The van der Waals surface area contributed by atoms with Crippen LogP contribution in [0.3, 0.4) is 0 Å². The summed E-state index contributed by atoms with van der Waals surface area (Å²) in [7, 11) is 1.61. The first-order valence-electron chi connectivity index (χ1n) is 8.60. The average Bonchev–Trinajstić information content (AvgIpc) is 2.65. The second-order valence-corrected chi connectivity index (χ2v) is 6.09. The van der Waals surface area contributed by atoms with Crippen LogP contribution in [0.1, 0.15) is 18.9 Å². The number of methoxy groups -OCH3 is 1. The number of rotatable bonds is 6. The van der Waals surface area contributed by atoms with Crippen molar-refractivity contribution in [1.82, 2.24) is 0 Å². The number of amides is 2. The van der Waals surface area contributed by atoms with Gasteiger partial charge in [0.25, 0.3) is 5.91 Å². The van der Waals surface area contributed by atoms with Crippen LogP contribution >= 0.6 is 0 Å². The fraction of sp³-hybridized carbons (Fsp3) is 0.300. The molecule has 0 aromatic heterocycles. The standard InChI is InChI=1S/C20H22N2O4/c1-3-10-22-17-9-6-15(12-18(17)26-13-20(22)24)21-19(23)11-14-4-7-16(25-2)8-5-14/h4-9,12H,3,10-11,13H2,1-2H3,(H,21,23). The topological polar surface area (TPSA) is 67.9 Å². The summed E-state index contributed by atoms with van der Waals surface area (Å²) < 4.78 is 10.6. The van der Waals surface area contributed by atoms with E-state index in [4.69, 9.17) is 9.47 Å². The number of nitrogens with zero attached hydrogens (tertiary/aromatic N) is 1. The van der Waals surface area contributed by atoms with Crippen LogP contribution in [-0.2, 0) is 16.0 Å². The maximum Gasteiger partial charge on any atom is 0.265 e. The van der Waals surface area contributed by atoms with Gasteiger partial charge in [0.2, 0.25) is 5.91 Å². The monoisotopic (exact) mass is 354 g/mol. The second-order valence-electron chi connectivity index (χ2n) is 6.09. The molecule has 2 amide bonds. The summed E-state index contributed by atoms with van der Waals surface area (Å²) in [6.45, 7) is 2.70. The van der Waals surface area contributed by atoms with Crippen molar-refractivity contribution in [2.45, 2.75) is 19.8 Å². The SMILES string of the molecule is CCCN1C(=O)COc2cc(NC(=O)Cc3ccc(OC)cc3)ccc21. The lowest BCUT2D eigenvalue weighted by molar-refractivity contribution is -0.121. The molecule has 26 heavy (non-hydrogen) atoms. The van der Waals surface area contributed by atoms with Crippen LogP contribution in [0, 0.1) is 0 Å². The van der Waals surface area contributed by atoms with Crippen molar-refractivity contribution in [3.63, 3.8) is 0 Å². The van der Waals surface area contributed by atoms with Crippen LogP contribution in [0.25, 0.3) is 0 Å². The summed E-state index contributed by atoms with van der Waals surface area (Å²) in [4.78, 5) is 26.0. The first-order chi connectivity index (χ1) is 12.6. The van der Waals surface area contributed by atoms with E-state index >= 15 is 0 Å². The summed E-state index contributed by atoms with van der Waals surface area (Å²) in [5.74, 6) is 1.20. The van der Waals surface area contributed by atoms with Crippen LogP contribution < -0.4 is 19.7 Å². The molecule has 6 heteroatoms. The molecule has 2 aromatic rings. The molecule has 0 bridgehead atoms. The lowest BCUT2D eigenvalue weighted by Gasteiger charge is -2.29. The molecule has 1 aliphatic rings. The molecule has 2 aromatic carbocycles. The molecule has 0 saturated heterocycles. The fourth-order valence-corrected chi connectivity index (χ4v) is 2.88. The van der Waals surface area contributed by atoms with Crippen molar-refractivity contribution in [2.75, 3.05) is 30.5 Å². The molecule has 0 atom stereocenters. The summed E-state index contributed by atoms with van der Waals surface area (Å²) >= 11 is 0. The molecular formula is C20H22N2O4. The minimum Gasteiger partial charge on any atom is -0.497 e. The second kappa shape index (κ2) is 7.91. The Morgan fingerprint density at radius 2 is 2.00 bits per heavy atom. The van der Waals surface area contributed by atoms with E-state index in [2.05, 4.69) is 5.32 Å². The highest BCUT2D eigenvalue weighted by Crippen LogP contribution is 2.34. The highest BCUT2D eigenvalue weighted by atomic mass is 16.5. The van der Waals surface area contributed by atoms with Crippen molar-refractivity contribution in [3.8, 4) is 11.5 Å². The number of hydrogen-bond acceptors (Lipinski definition) is 4. The van der Waals surface area contributed by atoms with Gasteiger partial charge in [-0.3, -0.25) is 9.59 Å². The van der Waals surface area contributed by atoms with Gasteiger partial charge in [0.05, 0.1) is 19.2 Å². The van der Waals surface area contributed by atoms with Gasteiger partial charge in [-0.15, -0.1) is 0 Å². The average molecular weight is 354 g/mol. The number of ether oxygens (including phenoxy) is 2. The van der Waals surface area contributed by atoms with Crippen LogP contribution in [0.15, 0.2) is 42.5 Å². The van der Waals surface area contributed by atoms with Gasteiger partial charge in [-0.25, -0.2) is 0 Å². The van der Waals surface area contributed by atoms with Gasteiger partial charge in [-0.1, -0.05) is 19.1 Å². The first kappa shape index (κ1) is 17.8. The molecule has 1 N–H and O–H groups in total. The largest absolute Gasteiger partial charge is 0.497 e.